The van der Waals surface area contributed by atoms with Gasteiger partial charge in [-0.15, -0.1) is 0 Å². The number of aromatic nitrogens is 2. The number of ether oxygens (including phenoxy) is 1. The molecule has 0 aromatic carbocycles. The number of hydrogen-bond donors (Lipinski definition) is 0. The van der Waals surface area contributed by atoms with Gasteiger partial charge in [0.2, 0.25) is 0 Å². The minimum Gasteiger partial charge on any atom is -0.379 e. The summed E-state index contributed by atoms with van der Waals surface area (Å²) in [5.41, 5.74) is 1.24. The number of likely N-dealkylation sites (tertiary alicyclic amines) is 1. The van der Waals surface area contributed by atoms with Crippen molar-refractivity contribution in [1.82, 2.24) is 19.8 Å². The maximum atomic E-state index is 5.48. The zero-order chi connectivity index (χ0) is 16.9. The Morgan fingerprint density at radius 1 is 1.04 bits per heavy atom. The van der Waals surface area contributed by atoms with Crippen molar-refractivity contribution in [1.29, 1.82) is 0 Å². The van der Waals surface area contributed by atoms with Gasteiger partial charge in [0.15, 0.2) is 0 Å². The Morgan fingerprint density at radius 2 is 1.67 bits per heavy atom. The third kappa shape index (κ3) is 4.52. The predicted octanol–water partition coefficient (Wildman–Crippen LogP) is 2.53. The second-order valence-electron chi connectivity index (χ2n) is 7.61. The number of rotatable bonds is 5. The van der Waals surface area contributed by atoms with E-state index in [-0.39, 0.29) is 0 Å². The second kappa shape index (κ2) is 8.37. The molecule has 5 nitrogen and oxygen atoms in total. The Kier molecular flexibility index (Phi) is 6.19. The first kappa shape index (κ1) is 17.8. The highest BCUT2D eigenvalue weighted by molar-refractivity contribution is 5.07. The normalized spacial score (nSPS) is 22.8. The molecule has 134 valence electrons. The third-order valence-corrected chi connectivity index (χ3v) is 5.58. The van der Waals surface area contributed by atoms with E-state index in [9.17, 15) is 0 Å². The van der Waals surface area contributed by atoms with Gasteiger partial charge in [-0.25, -0.2) is 9.97 Å². The van der Waals surface area contributed by atoms with E-state index in [0.717, 1.165) is 44.6 Å². The lowest BCUT2D eigenvalue weighted by Crippen LogP contribution is -2.48. The highest BCUT2D eigenvalue weighted by atomic mass is 16.5. The van der Waals surface area contributed by atoms with Crippen LogP contribution in [0.15, 0.2) is 12.4 Å². The molecular weight excluding hydrogens is 300 g/mol. The van der Waals surface area contributed by atoms with Gasteiger partial charge in [0.1, 0.15) is 5.82 Å². The largest absolute Gasteiger partial charge is 0.379 e. The van der Waals surface area contributed by atoms with Gasteiger partial charge in [-0.1, -0.05) is 13.8 Å². The fourth-order valence-electron chi connectivity index (χ4n) is 3.88. The summed E-state index contributed by atoms with van der Waals surface area (Å²) in [6.07, 6.45) is 6.60. The topological polar surface area (TPSA) is 41.5 Å². The molecule has 2 fully saturated rings. The van der Waals surface area contributed by atoms with Gasteiger partial charge in [-0.05, 0) is 38.8 Å². The summed E-state index contributed by atoms with van der Waals surface area (Å²) in [6, 6.07) is 0.685. The molecular formula is C19H32N4O. The molecule has 5 heteroatoms. The highest BCUT2D eigenvalue weighted by Crippen LogP contribution is 2.25. The molecule has 0 N–H and O–H groups in total. The first-order valence-electron chi connectivity index (χ1n) is 9.48. The summed E-state index contributed by atoms with van der Waals surface area (Å²) in [7, 11) is 0. The first-order valence-corrected chi connectivity index (χ1v) is 9.48. The molecule has 2 saturated heterocycles. The van der Waals surface area contributed by atoms with Gasteiger partial charge in [-0.3, -0.25) is 9.80 Å². The van der Waals surface area contributed by atoms with Gasteiger partial charge in [-0.2, -0.15) is 0 Å². The van der Waals surface area contributed by atoms with Crippen molar-refractivity contribution in [2.75, 3.05) is 39.4 Å². The van der Waals surface area contributed by atoms with Crippen molar-refractivity contribution in [2.24, 2.45) is 5.92 Å². The Hall–Kier alpha value is -1.04. The molecule has 1 aromatic rings. The van der Waals surface area contributed by atoms with Crippen LogP contribution in [0, 0.1) is 5.92 Å². The molecule has 2 aliphatic heterocycles. The van der Waals surface area contributed by atoms with Crippen LogP contribution in [-0.4, -0.2) is 65.2 Å². The maximum Gasteiger partial charge on any atom is 0.130 e. The lowest BCUT2D eigenvalue weighted by molar-refractivity contribution is -0.00193. The van der Waals surface area contributed by atoms with Crippen molar-refractivity contribution < 1.29 is 4.74 Å². The minimum atomic E-state index is 0.400. The van der Waals surface area contributed by atoms with E-state index in [1.165, 1.54) is 31.5 Å². The Labute approximate surface area is 146 Å². The molecule has 0 saturated carbocycles. The molecule has 0 aliphatic carbocycles. The molecule has 3 rings (SSSR count). The molecule has 0 spiro atoms. The van der Waals surface area contributed by atoms with Crippen LogP contribution in [0.5, 0.6) is 0 Å². The molecule has 24 heavy (non-hydrogen) atoms. The van der Waals surface area contributed by atoms with Crippen LogP contribution in [-0.2, 0) is 11.3 Å². The van der Waals surface area contributed by atoms with Gasteiger partial charge >= 0.3 is 0 Å². The van der Waals surface area contributed by atoms with Crippen molar-refractivity contribution >= 4 is 0 Å². The van der Waals surface area contributed by atoms with Gasteiger partial charge in [0, 0.05) is 49.6 Å². The standard InChI is InChI=1S/C19H32N4O/c1-15(2)19-20-12-17(13-21-19)14-22-6-4-18(5-7-22)16(3)23-8-10-24-11-9-23/h12-13,15-16,18H,4-11,14H2,1-3H3/t16-/m0/s1. The SMILES string of the molecule is CC(C)c1ncc(CN2CCC([C@H](C)N3CCOCC3)CC2)cn1. The van der Waals surface area contributed by atoms with Crippen LogP contribution >= 0.6 is 0 Å². The fraction of sp³-hybridized carbons (Fsp3) is 0.789. The highest BCUT2D eigenvalue weighted by Gasteiger charge is 2.28. The molecule has 2 aliphatic rings. The number of piperidine rings is 1. The summed E-state index contributed by atoms with van der Waals surface area (Å²) in [5, 5.41) is 0. The van der Waals surface area contributed by atoms with E-state index in [1.807, 2.05) is 12.4 Å². The summed E-state index contributed by atoms with van der Waals surface area (Å²) in [5.74, 6) is 2.16. The number of nitrogens with zero attached hydrogens (tertiary/aromatic N) is 4. The molecule has 0 amide bonds. The molecule has 0 unspecified atom stereocenters. The molecule has 1 aromatic heterocycles. The molecule has 0 bridgehead atoms. The Morgan fingerprint density at radius 3 is 2.25 bits per heavy atom. The van der Waals surface area contributed by atoms with Crippen LogP contribution in [0.3, 0.4) is 0 Å². The minimum absolute atomic E-state index is 0.400. The Bertz CT molecular complexity index is 491. The second-order valence-corrected chi connectivity index (χ2v) is 7.61. The molecule has 3 heterocycles. The van der Waals surface area contributed by atoms with Gasteiger partial charge < -0.3 is 4.74 Å². The summed E-state index contributed by atoms with van der Waals surface area (Å²) in [4.78, 5) is 14.1. The monoisotopic (exact) mass is 332 g/mol. The Balaban J connectivity index is 1.46. The number of hydrogen-bond acceptors (Lipinski definition) is 5. The summed E-state index contributed by atoms with van der Waals surface area (Å²) >= 11 is 0. The zero-order valence-electron chi connectivity index (χ0n) is 15.4. The summed E-state index contributed by atoms with van der Waals surface area (Å²) < 4.78 is 5.48. The third-order valence-electron chi connectivity index (χ3n) is 5.58. The average Bonchev–Trinajstić information content (AvgIpc) is 2.63. The van der Waals surface area contributed by atoms with Crippen LogP contribution < -0.4 is 0 Å². The van der Waals surface area contributed by atoms with Crippen LogP contribution in [0.25, 0.3) is 0 Å². The smallest absolute Gasteiger partial charge is 0.130 e. The fourth-order valence-corrected chi connectivity index (χ4v) is 3.88. The van der Waals surface area contributed by atoms with Gasteiger partial charge in [0.05, 0.1) is 13.2 Å². The molecule has 0 radical (unpaired) electrons. The van der Waals surface area contributed by atoms with E-state index in [4.69, 9.17) is 4.74 Å². The number of morpholine rings is 1. The average molecular weight is 332 g/mol. The van der Waals surface area contributed by atoms with E-state index < -0.39 is 0 Å². The van der Waals surface area contributed by atoms with Gasteiger partial charge in [0.25, 0.3) is 0 Å². The summed E-state index contributed by atoms with van der Waals surface area (Å²) in [6.45, 7) is 14.0. The quantitative estimate of drug-likeness (QED) is 0.829. The van der Waals surface area contributed by atoms with Crippen molar-refractivity contribution in [3.63, 3.8) is 0 Å². The van der Waals surface area contributed by atoms with Crippen molar-refractivity contribution in [3.8, 4) is 0 Å². The molecule has 1 atom stereocenters. The van der Waals surface area contributed by atoms with Crippen LogP contribution in [0.4, 0.5) is 0 Å². The van der Waals surface area contributed by atoms with E-state index in [0.29, 0.717) is 12.0 Å². The first-order chi connectivity index (χ1) is 11.6. The van der Waals surface area contributed by atoms with E-state index in [2.05, 4.69) is 40.5 Å². The van der Waals surface area contributed by atoms with Crippen LogP contribution in [0.2, 0.25) is 0 Å². The van der Waals surface area contributed by atoms with Crippen LogP contribution in [0.1, 0.15) is 50.9 Å². The maximum absolute atomic E-state index is 5.48. The predicted molar refractivity (Wildman–Crippen MR) is 96.0 cm³/mol. The van der Waals surface area contributed by atoms with Crippen molar-refractivity contribution in [3.05, 3.63) is 23.8 Å². The zero-order valence-corrected chi connectivity index (χ0v) is 15.4. The van der Waals surface area contributed by atoms with E-state index in [1.54, 1.807) is 0 Å². The van der Waals surface area contributed by atoms with E-state index >= 15 is 0 Å². The lowest BCUT2D eigenvalue weighted by Gasteiger charge is -2.41. The lowest BCUT2D eigenvalue weighted by atomic mass is 9.89. The van der Waals surface area contributed by atoms with Crippen molar-refractivity contribution in [2.45, 2.75) is 52.1 Å².